The Morgan fingerprint density at radius 3 is 2.91 bits per heavy atom. The number of carbonyl (C=O) groups excluding carboxylic acids is 2. The van der Waals surface area contributed by atoms with Crippen LogP contribution in [0.3, 0.4) is 0 Å². The highest BCUT2D eigenvalue weighted by molar-refractivity contribution is 5.97. The number of fused-ring (bicyclic) bond motifs is 6. The molecule has 2 N–H and O–H groups in total. The fourth-order valence-corrected chi connectivity index (χ4v) is 5.60. The molecule has 0 saturated heterocycles. The van der Waals surface area contributed by atoms with Crippen LogP contribution in [0.5, 0.6) is 28.7 Å². The second-order valence-corrected chi connectivity index (χ2v) is 10.5. The Bertz CT molecular complexity index is 1620. The molecule has 11 nitrogen and oxygen atoms in total. The maximum absolute atomic E-state index is 13.7. The second kappa shape index (κ2) is 12.4. The SMILES string of the molecule is COc1cc2c3cc1Oc1ccc(O)c(c1)C(=O)NCCCOc1cccc(c1)C2N(C(=O)CCCn1cncn1)CC3. The van der Waals surface area contributed by atoms with Gasteiger partial charge in [-0.3, -0.25) is 14.3 Å². The Labute approximate surface area is 249 Å². The van der Waals surface area contributed by atoms with Crippen molar-refractivity contribution in [3.8, 4) is 28.7 Å². The van der Waals surface area contributed by atoms with Crippen LogP contribution in [-0.4, -0.2) is 63.4 Å². The van der Waals surface area contributed by atoms with E-state index in [9.17, 15) is 14.7 Å². The molecular formula is C32H33N5O6. The molecule has 4 heterocycles. The van der Waals surface area contributed by atoms with Crippen molar-refractivity contribution in [3.63, 3.8) is 0 Å². The number of nitrogens with one attached hydrogen (secondary N) is 1. The summed E-state index contributed by atoms with van der Waals surface area (Å²) in [6.07, 6.45) is 5.34. The minimum Gasteiger partial charge on any atom is -0.507 e. The molecule has 7 rings (SSSR count). The fourth-order valence-electron chi connectivity index (χ4n) is 5.60. The van der Waals surface area contributed by atoms with E-state index in [0.29, 0.717) is 74.9 Å². The van der Waals surface area contributed by atoms with Crippen molar-refractivity contribution in [2.24, 2.45) is 0 Å². The van der Waals surface area contributed by atoms with Crippen LogP contribution in [0, 0.1) is 0 Å². The number of phenolic OH excluding ortho intramolecular Hbond substituents is 1. The van der Waals surface area contributed by atoms with Gasteiger partial charge in [-0.2, -0.15) is 5.10 Å². The zero-order valence-corrected chi connectivity index (χ0v) is 23.9. The third-order valence-electron chi connectivity index (χ3n) is 7.71. The van der Waals surface area contributed by atoms with Gasteiger partial charge in [0.1, 0.15) is 29.9 Å². The first kappa shape index (κ1) is 28.1. The maximum Gasteiger partial charge on any atom is 0.255 e. The van der Waals surface area contributed by atoms with Crippen LogP contribution in [0.25, 0.3) is 0 Å². The number of benzene rings is 3. The first-order chi connectivity index (χ1) is 21.0. The lowest BCUT2D eigenvalue weighted by Crippen LogP contribution is -2.40. The Hall–Kier alpha value is -5.06. The predicted octanol–water partition coefficient (Wildman–Crippen LogP) is 4.25. The van der Waals surface area contributed by atoms with Gasteiger partial charge in [0.05, 0.1) is 25.3 Å². The van der Waals surface area contributed by atoms with Crippen LogP contribution < -0.4 is 19.5 Å². The molecule has 43 heavy (non-hydrogen) atoms. The summed E-state index contributed by atoms with van der Waals surface area (Å²) >= 11 is 0. The summed E-state index contributed by atoms with van der Waals surface area (Å²) in [6.45, 7) is 1.88. The standard InChI is InChI=1S/C32H33N5O6/c1-41-28-18-25-21-10-13-37(30(39)7-3-12-36-20-33-19-35-36)31(25)22-5-2-6-23(15-22)42-14-4-11-34-32(40)26-17-24(8-9-27(26)38)43-29(28)16-21/h2,5-6,8-9,15-20,31,38H,3-4,7,10-14H2,1H3,(H,34,40). The summed E-state index contributed by atoms with van der Waals surface area (Å²) in [6, 6.07) is 15.8. The average molecular weight is 584 g/mol. The van der Waals surface area contributed by atoms with Crippen LogP contribution >= 0.6 is 0 Å². The van der Waals surface area contributed by atoms with Gasteiger partial charge in [0.2, 0.25) is 5.91 Å². The number of hydrogen-bond donors (Lipinski definition) is 2. The Balaban J connectivity index is 1.39. The van der Waals surface area contributed by atoms with Crippen molar-refractivity contribution >= 4 is 11.8 Å². The quantitative estimate of drug-likeness (QED) is 0.357. The van der Waals surface area contributed by atoms with Gasteiger partial charge in [0.25, 0.3) is 5.91 Å². The molecule has 0 fully saturated rings. The van der Waals surface area contributed by atoms with Crippen LogP contribution in [0.1, 0.15) is 52.4 Å². The molecule has 11 heteroatoms. The molecule has 3 aliphatic heterocycles. The van der Waals surface area contributed by atoms with Crippen LogP contribution in [0.4, 0.5) is 0 Å². The maximum atomic E-state index is 13.7. The molecule has 8 bridgehead atoms. The number of carbonyl (C=O) groups is 2. The Morgan fingerprint density at radius 1 is 1.16 bits per heavy atom. The predicted molar refractivity (Wildman–Crippen MR) is 157 cm³/mol. The van der Waals surface area contributed by atoms with Crippen LogP contribution in [-0.2, 0) is 17.8 Å². The molecule has 0 radical (unpaired) electrons. The third-order valence-corrected chi connectivity index (χ3v) is 7.71. The second-order valence-electron chi connectivity index (χ2n) is 10.5. The summed E-state index contributed by atoms with van der Waals surface area (Å²) in [5.41, 5.74) is 3.01. The molecule has 1 aromatic heterocycles. The van der Waals surface area contributed by atoms with Gasteiger partial charge < -0.3 is 29.5 Å². The van der Waals surface area contributed by atoms with Gasteiger partial charge in [-0.1, -0.05) is 12.1 Å². The highest BCUT2D eigenvalue weighted by Crippen LogP contribution is 2.43. The van der Waals surface area contributed by atoms with Gasteiger partial charge in [0, 0.05) is 26.1 Å². The summed E-state index contributed by atoms with van der Waals surface area (Å²) in [7, 11) is 1.57. The zero-order valence-electron chi connectivity index (χ0n) is 23.9. The lowest BCUT2D eigenvalue weighted by Gasteiger charge is -2.38. The van der Waals surface area contributed by atoms with Crippen LogP contribution in [0.15, 0.2) is 67.3 Å². The number of aryl methyl sites for hydroxylation is 1. The Morgan fingerprint density at radius 2 is 2.07 bits per heavy atom. The minimum atomic E-state index is -0.405. The van der Waals surface area contributed by atoms with Gasteiger partial charge >= 0.3 is 0 Å². The molecule has 1 unspecified atom stereocenters. The summed E-state index contributed by atoms with van der Waals surface area (Å²) in [5, 5.41) is 17.3. The lowest BCUT2D eigenvalue weighted by atomic mass is 9.87. The van der Waals surface area contributed by atoms with Crippen molar-refractivity contribution in [2.75, 3.05) is 26.8 Å². The molecular weight excluding hydrogens is 550 g/mol. The molecule has 0 spiro atoms. The van der Waals surface area contributed by atoms with E-state index in [4.69, 9.17) is 14.2 Å². The topological polar surface area (TPSA) is 128 Å². The summed E-state index contributed by atoms with van der Waals surface area (Å²) < 4.78 is 19.8. The lowest BCUT2D eigenvalue weighted by molar-refractivity contribution is -0.133. The number of methoxy groups -OCH3 is 1. The highest BCUT2D eigenvalue weighted by Gasteiger charge is 2.33. The van der Waals surface area contributed by atoms with E-state index < -0.39 is 5.91 Å². The number of nitrogens with zero attached hydrogens (tertiary/aromatic N) is 4. The fraction of sp³-hybridized carbons (Fsp3) is 0.312. The van der Waals surface area contributed by atoms with E-state index in [1.54, 1.807) is 24.2 Å². The number of aromatic nitrogens is 3. The number of rotatable bonds is 5. The van der Waals surface area contributed by atoms with E-state index >= 15 is 0 Å². The van der Waals surface area contributed by atoms with Crippen molar-refractivity contribution in [3.05, 3.63) is 89.5 Å². The molecule has 222 valence electrons. The van der Waals surface area contributed by atoms with Crippen molar-refractivity contribution < 1.29 is 28.9 Å². The van der Waals surface area contributed by atoms with Gasteiger partial charge in [-0.25, -0.2) is 4.98 Å². The van der Waals surface area contributed by atoms with E-state index in [-0.39, 0.29) is 23.3 Å². The summed E-state index contributed by atoms with van der Waals surface area (Å²) in [4.78, 5) is 32.4. The number of hydrogen-bond acceptors (Lipinski definition) is 8. The molecule has 2 amide bonds. The molecule has 1 atom stereocenters. The van der Waals surface area contributed by atoms with E-state index in [0.717, 1.165) is 16.7 Å². The molecule has 4 aromatic rings. The first-order valence-electron chi connectivity index (χ1n) is 14.3. The third kappa shape index (κ3) is 6.11. The summed E-state index contributed by atoms with van der Waals surface area (Å²) in [5.74, 6) is 1.52. The van der Waals surface area contributed by atoms with Gasteiger partial charge in [-0.15, -0.1) is 0 Å². The number of phenols is 1. The highest BCUT2D eigenvalue weighted by atomic mass is 16.5. The molecule has 0 aliphatic carbocycles. The Kier molecular flexibility index (Phi) is 8.12. The normalized spacial score (nSPS) is 16.3. The van der Waals surface area contributed by atoms with E-state index in [2.05, 4.69) is 15.4 Å². The van der Waals surface area contributed by atoms with E-state index in [1.165, 1.54) is 18.5 Å². The molecule has 0 saturated carbocycles. The number of aromatic hydroxyl groups is 1. The van der Waals surface area contributed by atoms with Crippen molar-refractivity contribution in [1.82, 2.24) is 25.0 Å². The van der Waals surface area contributed by atoms with Gasteiger partial charge in [-0.05, 0) is 78.4 Å². The molecule has 3 aliphatic rings. The first-order valence-corrected chi connectivity index (χ1v) is 14.3. The molecule has 3 aromatic carbocycles. The largest absolute Gasteiger partial charge is 0.507 e. The minimum absolute atomic E-state index is 0.0517. The number of amides is 2. The van der Waals surface area contributed by atoms with E-state index in [1.807, 2.05) is 41.3 Å². The smallest absolute Gasteiger partial charge is 0.255 e. The van der Waals surface area contributed by atoms with Gasteiger partial charge in [0.15, 0.2) is 11.5 Å². The van der Waals surface area contributed by atoms with Crippen molar-refractivity contribution in [2.45, 2.75) is 38.3 Å². The zero-order chi connectivity index (χ0) is 29.8. The monoisotopic (exact) mass is 583 g/mol. The average Bonchev–Trinajstić information content (AvgIpc) is 3.54. The number of ether oxygens (including phenoxy) is 3. The van der Waals surface area contributed by atoms with Crippen molar-refractivity contribution in [1.29, 1.82) is 0 Å². The van der Waals surface area contributed by atoms with Crippen LogP contribution in [0.2, 0.25) is 0 Å².